The Balaban J connectivity index is 2.16. The van der Waals surface area contributed by atoms with Gasteiger partial charge in [-0.1, -0.05) is 13.8 Å². The largest absolute Gasteiger partial charge is 0.473 e. The second kappa shape index (κ2) is 11.0. The molecule has 27 heavy (non-hydrogen) atoms. The van der Waals surface area contributed by atoms with Gasteiger partial charge >= 0.3 is 0 Å². The van der Waals surface area contributed by atoms with Crippen LogP contribution in [0.4, 0.5) is 5.82 Å². The summed E-state index contributed by atoms with van der Waals surface area (Å²) in [6, 6.07) is -0.307. The standard InChI is InChI=1S/C19H32N4O4/c1-14(2)11-15(13-24)21-18(25)16-12-20-17(23-7-5-4-6-8-23)19(22-16)27-10-9-26-3/h12,14-15,24H,4-11,13H2,1-3H3,(H,21,25)/t15-/m0/s1. The molecule has 2 rings (SSSR count). The van der Waals surface area contributed by atoms with E-state index < -0.39 is 0 Å². The van der Waals surface area contributed by atoms with Crippen LogP contribution >= 0.6 is 0 Å². The number of carbonyl (C=O) groups is 1. The summed E-state index contributed by atoms with van der Waals surface area (Å²) >= 11 is 0. The van der Waals surface area contributed by atoms with Gasteiger partial charge in [-0.05, 0) is 31.6 Å². The molecule has 0 aromatic carbocycles. The summed E-state index contributed by atoms with van der Waals surface area (Å²) in [4.78, 5) is 23.6. The van der Waals surface area contributed by atoms with E-state index in [0.29, 0.717) is 37.3 Å². The van der Waals surface area contributed by atoms with Crippen molar-refractivity contribution in [1.82, 2.24) is 15.3 Å². The molecule has 0 unspecified atom stereocenters. The van der Waals surface area contributed by atoms with Crippen molar-refractivity contribution in [3.05, 3.63) is 11.9 Å². The number of piperidine rings is 1. The van der Waals surface area contributed by atoms with Gasteiger partial charge < -0.3 is 24.8 Å². The fourth-order valence-electron chi connectivity index (χ4n) is 3.12. The lowest BCUT2D eigenvalue weighted by molar-refractivity contribution is 0.0901. The minimum atomic E-state index is -0.357. The first-order valence-electron chi connectivity index (χ1n) is 9.70. The molecule has 1 aliphatic heterocycles. The Morgan fingerprint density at radius 1 is 1.30 bits per heavy atom. The number of amides is 1. The monoisotopic (exact) mass is 380 g/mol. The molecule has 8 heteroatoms. The molecule has 2 N–H and O–H groups in total. The zero-order chi connectivity index (χ0) is 19.6. The Kier molecular flexibility index (Phi) is 8.74. The second-order valence-electron chi connectivity index (χ2n) is 7.26. The van der Waals surface area contributed by atoms with Gasteiger partial charge in [0.2, 0.25) is 0 Å². The number of aromatic nitrogens is 2. The lowest BCUT2D eigenvalue weighted by Gasteiger charge is -2.28. The number of hydrogen-bond acceptors (Lipinski definition) is 7. The first-order valence-corrected chi connectivity index (χ1v) is 9.70. The molecular weight excluding hydrogens is 348 g/mol. The topological polar surface area (TPSA) is 96.8 Å². The maximum atomic E-state index is 12.5. The highest BCUT2D eigenvalue weighted by molar-refractivity contribution is 5.92. The lowest BCUT2D eigenvalue weighted by atomic mass is 10.0. The van der Waals surface area contributed by atoms with Gasteiger partial charge in [-0.2, -0.15) is 0 Å². The highest BCUT2D eigenvalue weighted by Crippen LogP contribution is 2.26. The maximum absolute atomic E-state index is 12.5. The molecule has 1 aromatic rings. The van der Waals surface area contributed by atoms with Crippen LogP contribution in [0.25, 0.3) is 0 Å². The van der Waals surface area contributed by atoms with Crippen molar-refractivity contribution >= 4 is 11.7 Å². The van der Waals surface area contributed by atoms with Gasteiger partial charge in [0.25, 0.3) is 11.8 Å². The second-order valence-corrected chi connectivity index (χ2v) is 7.26. The lowest BCUT2D eigenvalue weighted by Crippen LogP contribution is -2.39. The molecular formula is C19H32N4O4. The van der Waals surface area contributed by atoms with Crippen molar-refractivity contribution in [3.8, 4) is 5.88 Å². The number of aliphatic hydroxyl groups excluding tert-OH is 1. The number of rotatable bonds is 10. The summed E-state index contributed by atoms with van der Waals surface area (Å²) in [5.41, 5.74) is 0.186. The summed E-state index contributed by atoms with van der Waals surface area (Å²) in [5.74, 6) is 1.03. The number of carbonyl (C=O) groups excluding carboxylic acids is 1. The van der Waals surface area contributed by atoms with E-state index in [4.69, 9.17) is 9.47 Å². The molecule has 1 amide bonds. The molecule has 1 fully saturated rings. The average Bonchev–Trinajstić information content (AvgIpc) is 2.67. The molecule has 1 atom stereocenters. The zero-order valence-electron chi connectivity index (χ0n) is 16.6. The zero-order valence-corrected chi connectivity index (χ0v) is 16.6. The van der Waals surface area contributed by atoms with Gasteiger partial charge in [0.05, 0.1) is 25.5 Å². The maximum Gasteiger partial charge on any atom is 0.271 e. The molecule has 0 saturated carbocycles. The number of ether oxygens (including phenoxy) is 2. The molecule has 152 valence electrons. The third-order valence-electron chi connectivity index (χ3n) is 4.45. The quantitative estimate of drug-likeness (QED) is 0.596. The average molecular weight is 380 g/mol. The van der Waals surface area contributed by atoms with Gasteiger partial charge in [0, 0.05) is 20.2 Å². The Bertz CT molecular complexity index is 591. The van der Waals surface area contributed by atoms with Gasteiger partial charge in [-0.3, -0.25) is 4.79 Å². The highest BCUT2D eigenvalue weighted by Gasteiger charge is 2.22. The molecule has 1 aliphatic rings. The number of aliphatic hydroxyl groups is 1. The number of methoxy groups -OCH3 is 1. The number of nitrogens with zero attached hydrogens (tertiary/aromatic N) is 3. The summed E-state index contributed by atoms with van der Waals surface area (Å²) in [7, 11) is 1.61. The third-order valence-corrected chi connectivity index (χ3v) is 4.45. The van der Waals surface area contributed by atoms with Crippen molar-refractivity contribution in [2.75, 3.05) is 44.9 Å². The molecule has 1 aromatic heterocycles. The van der Waals surface area contributed by atoms with Crippen LogP contribution in [0.2, 0.25) is 0 Å². The van der Waals surface area contributed by atoms with Crippen LogP contribution in [0.15, 0.2) is 6.20 Å². The Hall–Kier alpha value is -1.93. The molecule has 1 saturated heterocycles. The Morgan fingerprint density at radius 3 is 2.67 bits per heavy atom. The number of nitrogens with one attached hydrogen (secondary N) is 1. The van der Waals surface area contributed by atoms with Crippen LogP contribution in [0.5, 0.6) is 5.88 Å². The van der Waals surface area contributed by atoms with Crippen molar-refractivity contribution in [3.63, 3.8) is 0 Å². The van der Waals surface area contributed by atoms with Crippen molar-refractivity contribution in [2.24, 2.45) is 5.92 Å². The van der Waals surface area contributed by atoms with E-state index in [0.717, 1.165) is 25.9 Å². The third kappa shape index (κ3) is 6.62. The van der Waals surface area contributed by atoms with Gasteiger partial charge in [0.15, 0.2) is 11.5 Å². The summed E-state index contributed by atoms with van der Waals surface area (Å²) in [6.07, 6.45) is 5.59. The summed E-state index contributed by atoms with van der Waals surface area (Å²) in [6.45, 7) is 6.56. The van der Waals surface area contributed by atoms with E-state index in [1.54, 1.807) is 7.11 Å². The van der Waals surface area contributed by atoms with E-state index in [9.17, 15) is 9.90 Å². The predicted molar refractivity (Wildman–Crippen MR) is 103 cm³/mol. The fraction of sp³-hybridized carbons (Fsp3) is 0.737. The molecule has 8 nitrogen and oxygen atoms in total. The molecule has 0 bridgehead atoms. The first-order chi connectivity index (χ1) is 13.0. The van der Waals surface area contributed by atoms with Crippen LogP contribution in [-0.2, 0) is 4.74 Å². The summed E-state index contributed by atoms with van der Waals surface area (Å²) < 4.78 is 10.8. The van der Waals surface area contributed by atoms with E-state index in [1.807, 2.05) is 13.8 Å². The van der Waals surface area contributed by atoms with Gasteiger partial charge in [-0.25, -0.2) is 9.97 Å². The minimum Gasteiger partial charge on any atom is -0.473 e. The van der Waals surface area contributed by atoms with Crippen molar-refractivity contribution < 1.29 is 19.4 Å². The SMILES string of the molecule is COCCOc1nc(C(=O)N[C@H](CO)CC(C)C)cnc1N1CCCCC1. The smallest absolute Gasteiger partial charge is 0.271 e. The first kappa shape index (κ1) is 21.4. The summed E-state index contributed by atoms with van der Waals surface area (Å²) in [5, 5.41) is 12.3. The van der Waals surface area contributed by atoms with E-state index >= 15 is 0 Å². The van der Waals surface area contributed by atoms with E-state index in [-0.39, 0.29) is 24.2 Å². The van der Waals surface area contributed by atoms with Crippen LogP contribution in [-0.4, -0.2) is 67.0 Å². The Morgan fingerprint density at radius 2 is 2.04 bits per heavy atom. The van der Waals surface area contributed by atoms with Crippen LogP contribution in [0, 0.1) is 5.92 Å². The van der Waals surface area contributed by atoms with Crippen molar-refractivity contribution in [2.45, 2.75) is 45.6 Å². The van der Waals surface area contributed by atoms with Crippen LogP contribution in [0.1, 0.15) is 50.0 Å². The number of hydrogen-bond donors (Lipinski definition) is 2. The van der Waals surface area contributed by atoms with E-state index in [1.165, 1.54) is 12.6 Å². The molecule has 0 radical (unpaired) electrons. The normalized spacial score (nSPS) is 15.7. The van der Waals surface area contributed by atoms with Gasteiger partial charge in [0.1, 0.15) is 6.61 Å². The minimum absolute atomic E-state index is 0.111. The van der Waals surface area contributed by atoms with Crippen LogP contribution in [0.3, 0.4) is 0 Å². The molecule has 0 spiro atoms. The van der Waals surface area contributed by atoms with E-state index in [2.05, 4.69) is 20.2 Å². The fourth-order valence-corrected chi connectivity index (χ4v) is 3.12. The van der Waals surface area contributed by atoms with Crippen LogP contribution < -0.4 is 15.0 Å². The highest BCUT2D eigenvalue weighted by atomic mass is 16.5. The van der Waals surface area contributed by atoms with Crippen molar-refractivity contribution in [1.29, 1.82) is 0 Å². The Labute approximate surface area is 161 Å². The van der Waals surface area contributed by atoms with Gasteiger partial charge in [-0.15, -0.1) is 0 Å². The number of anilines is 1. The molecule has 2 heterocycles. The predicted octanol–water partition coefficient (Wildman–Crippen LogP) is 1.63. The molecule has 0 aliphatic carbocycles.